The molecule has 2 aromatic carbocycles. The van der Waals surface area contributed by atoms with Crippen molar-refractivity contribution in [1.29, 1.82) is 0 Å². The van der Waals surface area contributed by atoms with E-state index in [4.69, 9.17) is 9.47 Å². The van der Waals surface area contributed by atoms with Crippen LogP contribution in [-0.4, -0.2) is 65.2 Å². The molecule has 0 fully saturated rings. The molecule has 0 heterocycles. The van der Waals surface area contributed by atoms with Crippen molar-refractivity contribution in [2.45, 2.75) is 19.5 Å². The third kappa shape index (κ3) is 6.13. The van der Waals surface area contributed by atoms with Crippen molar-refractivity contribution in [2.24, 2.45) is 0 Å². The number of rotatable bonds is 10. The molecule has 9 nitrogen and oxygen atoms in total. The van der Waals surface area contributed by atoms with Crippen LogP contribution in [0.1, 0.15) is 12.5 Å². The number of methoxy groups -OCH3 is 2. The van der Waals surface area contributed by atoms with Crippen LogP contribution in [0.25, 0.3) is 0 Å². The summed E-state index contributed by atoms with van der Waals surface area (Å²) >= 11 is 0. The number of anilines is 1. The summed E-state index contributed by atoms with van der Waals surface area (Å²) in [7, 11) is 0.501. The first-order valence-electron chi connectivity index (χ1n) is 9.87. The maximum absolute atomic E-state index is 13.3. The minimum atomic E-state index is -3.86. The van der Waals surface area contributed by atoms with Gasteiger partial charge in [-0.3, -0.25) is 13.9 Å². The fourth-order valence-corrected chi connectivity index (χ4v) is 4.01. The second-order valence-corrected chi connectivity index (χ2v) is 9.01. The highest BCUT2D eigenvalue weighted by atomic mass is 32.2. The lowest BCUT2D eigenvalue weighted by Gasteiger charge is -2.31. The number of carbonyl (C=O) groups excluding carboxylic acids is 2. The molecule has 2 rings (SSSR count). The van der Waals surface area contributed by atoms with Gasteiger partial charge in [-0.25, -0.2) is 8.42 Å². The van der Waals surface area contributed by atoms with E-state index in [1.807, 2.05) is 30.3 Å². The average Bonchev–Trinajstić information content (AvgIpc) is 2.79. The molecule has 1 N–H and O–H groups in total. The Morgan fingerprint density at radius 3 is 2.25 bits per heavy atom. The van der Waals surface area contributed by atoms with E-state index in [-0.39, 0.29) is 23.9 Å². The van der Waals surface area contributed by atoms with Gasteiger partial charge < -0.3 is 19.7 Å². The number of carbonyl (C=O) groups is 2. The summed E-state index contributed by atoms with van der Waals surface area (Å²) in [5.74, 6) is -0.184. The maximum atomic E-state index is 13.3. The van der Waals surface area contributed by atoms with Gasteiger partial charge in [-0.2, -0.15) is 0 Å². The molecule has 2 amide bonds. The van der Waals surface area contributed by atoms with Crippen LogP contribution in [0.4, 0.5) is 5.69 Å². The summed E-state index contributed by atoms with van der Waals surface area (Å²) in [6, 6.07) is 13.0. The molecule has 0 radical (unpaired) electrons. The Kier molecular flexibility index (Phi) is 8.48. The summed E-state index contributed by atoms with van der Waals surface area (Å²) in [5, 5.41) is 2.53. The lowest BCUT2D eigenvalue weighted by molar-refractivity contribution is -0.139. The van der Waals surface area contributed by atoms with E-state index in [2.05, 4.69) is 5.32 Å². The number of amides is 2. The molecular formula is C22H29N3O6S. The van der Waals surface area contributed by atoms with Crippen molar-refractivity contribution >= 4 is 27.5 Å². The Balaban J connectivity index is 2.44. The predicted octanol–water partition coefficient (Wildman–Crippen LogP) is 1.63. The van der Waals surface area contributed by atoms with Gasteiger partial charge in [0.1, 0.15) is 24.1 Å². The standard InChI is InChI=1S/C22H29N3O6S/c1-16(22(27)23-2)24(14-17-9-7-6-8-10-17)21(26)15-25(32(5,28)29)19-12-11-18(30-3)13-20(19)31-4/h6-13,16H,14-15H2,1-5H3,(H,23,27)/t16-/m0/s1. The summed E-state index contributed by atoms with van der Waals surface area (Å²) in [5.41, 5.74) is 1.00. The van der Waals surface area contributed by atoms with Gasteiger partial charge >= 0.3 is 0 Å². The van der Waals surface area contributed by atoms with E-state index < -0.39 is 28.5 Å². The second kappa shape index (κ2) is 10.9. The number of hydrogen-bond acceptors (Lipinski definition) is 6. The molecule has 32 heavy (non-hydrogen) atoms. The van der Waals surface area contributed by atoms with Gasteiger partial charge in [-0.05, 0) is 24.6 Å². The molecule has 0 saturated carbocycles. The maximum Gasteiger partial charge on any atom is 0.244 e. The van der Waals surface area contributed by atoms with Gasteiger partial charge in [0.05, 0.1) is 26.2 Å². The molecule has 0 aliphatic heterocycles. The van der Waals surface area contributed by atoms with E-state index in [1.165, 1.54) is 38.3 Å². The van der Waals surface area contributed by atoms with Crippen molar-refractivity contribution in [3.63, 3.8) is 0 Å². The van der Waals surface area contributed by atoms with E-state index in [9.17, 15) is 18.0 Å². The van der Waals surface area contributed by atoms with Gasteiger partial charge in [0.2, 0.25) is 21.8 Å². The molecule has 0 aromatic heterocycles. The molecule has 10 heteroatoms. The number of likely N-dealkylation sites (N-methyl/N-ethyl adjacent to an activating group) is 1. The number of nitrogens with one attached hydrogen (secondary N) is 1. The monoisotopic (exact) mass is 463 g/mol. The number of benzene rings is 2. The van der Waals surface area contributed by atoms with Crippen LogP contribution in [-0.2, 0) is 26.2 Å². The Morgan fingerprint density at radius 2 is 1.72 bits per heavy atom. The Labute approximate surface area is 189 Å². The van der Waals surface area contributed by atoms with Gasteiger partial charge in [0, 0.05) is 19.7 Å². The molecule has 0 unspecified atom stereocenters. The third-order valence-corrected chi connectivity index (χ3v) is 6.07. The van der Waals surface area contributed by atoms with Gasteiger partial charge in [0.25, 0.3) is 0 Å². The minimum absolute atomic E-state index is 0.144. The van der Waals surface area contributed by atoms with Crippen LogP contribution in [0.3, 0.4) is 0 Å². The number of sulfonamides is 1. The summed E-state index contributed by atoms with van der Waals surface area (Å²) in [4.78, 5) is 27.0. The van der Waals surface area contributed by atoms with Crippen LogP contribution in [0.15, 0.2) is 48.5 Å². The first-order chi connectivity index (χ1) is 15.1. The highest BCUT2D eigenvalue weighted by molar-refractivity contribution is 7.92. The smallest absolute Gasteiger partial charge is 0.244 e. The lowest BCUT2D eigenvalue weighted by atomic mass is 10.1. The van der Waals surface area contributed by atoms with Crippen molar-refractivity contribution in [2.75, 3.05) is 38.4 Å². The van der Waals surface area contributed by atoms with Crippen molar-refractivity contribution in [1.82, 2.24) is 10.2 Å². The van der Waals surface area contributed by atoms with Crippen molar-refractivity contribution in [3.8, 4) is 11.5 Å². The molecule has 2 aromatic rings. The Hall–Kier alpha value is -3.27. The van der Waals surface area contributed by atoms with Crippen LogP contribution in [0.5, 0.6) is 11.5 Å². The summed E-state index contributed by atoms with van der Waals surface area (Å²) in [6.07, 6.45) is 1.01. The molecule has 0 saturated heterocycles. The highest BCUT2D eigenvalue weighted by Crippen LogP contribution is 2.33. The van der Waals surface area contributed by atoms with Crippen molar-refractivity contribution < 1.29 is 27.5 Å². The fraction of sp³-hybridized carbons (Fsp3) is 0.364. The van der Waals surface area contributed by atoms with Crippen molar-refractivity contribution in [3.05, 3.63) is 54.1 Å². The second-order valence-electron chi connectivity index (χ2n) is 7.10. The van der Waals surface area contributed by atoms with E-state index in [0.717, 1.165) is 16.1 Å². The topological polar surface area (TPSA) is 105 Å². The quantitative estimate of drug-likeness (QED) is 0.574. The lowest BCUT2D eigenvalue weighted by Crippen LogP contribution is -2.50. The zero-order valence-corrected chi connectivity index (χ0v) is 19.7. The number of ether oxygens (including phenoxy) is 2. The van der Waals surface area contributed by atoms with Crippen LogP contribution in [0, 0.1) is 0 Å². The normalized spacial score (nSPS) is 11.9. The van der Waals surface area contributed by atoms with E-state index >= 15 is 0 Å². The largest absolute Gasteiger partial charge is 0.497 e. The molecule has 0 aliphatic rings. The summed E-state index contributed by atoms with van der Waals surface area (Å²) in [6.45, 7) is 1.24. The van der Waals surface area contributed by atoms with Gasteiger partial charge in [0.15, 0.2) is 0 Å². The SMILES string of the molecule is CNC(=O)[C@H](C)N(Cc1ccccc1)C(=O)CN(c1ccc(OC)cc1OC)S(C)(=O)=O. The first kappa shape index (κ1) is 25.0. The number of hydrogen-bond donors (Lipinski definition) is 1. The van der Waals surface area contributed by atoms with E-state index in [1.54, 1.807) is 13.0 Å². The molecular weight excluding hydrogens is 434 g/mol. The highest BCUT2D eigenvalue weighted by Gasteiger charge is 2.30. The predicted molar refractivity (Wildman–Crippen MR) is 122 cm³/mol. The first-order valence-corrected chi connectivity index (χ1v) is 11.7. The molecule has 0 spiro atoms. The van der Waals surface area contributed by atoms with Gasteiger partial charge in [-0.1, -0.05) is 30.3 Å². The average molecular weight is 464 g/mol. The van der Waals surface area contributed by atoms with E-state index in [0.29, 0.717) is 5.75 Å². The Morgan fingerprint density at radius 1 is 1.06 bits per heavy atom. The third-order valence-electron chi connectivity index (χ3n) is 4.94. The molecule has 0 aliphatic carbocycles. The number of nitrogens with zero attached hydrogens (tertiary/aromatic N) is 2. The van der Waals surface area contributed by atoms with Crippen LogP contribution >= 0.6 is 0 Å². The zero-order chi connectivity index (χ0) is 23.9. The minimum Gasteiger partial charge on any atom is -0.497 e. The van der Waals surface area contributed by atoms with Crippen LogP contribution in [0.2, 0.25) is 0 Å². The molecule has 0 bridgehead atoms. The zero-order valence-electron chi connectivity index (χ0n) is 18.9. The Bertz CT molecular complexity index is 1040. The summed E-state index contributed by atoms with van der Waals surface area (Å²) < 4.78 is 36.7. The fourth-order valence-electron chi connectivity index (χ4n) is 3.16. The van der Waals surface area contributed by atoms with Gasteiger partial charge in [-0.15, -0.1) is 0 Å². The molecule has 1 atom stereocenters. The van der Waals surface area contributed by atoms with Crippen LogP contribution < -0.4 is 19.1 Å². The molecule has 174 valence electrons.